The lowest BCUT2D eigenvalue weighted by molar-refractivity contribution is -0.135. The summed E-state index contributed by atoms with van der Waals surface area (Å²) >= 11 is 1.46. The predicted molar refractivity (Wildman–Crippen MR) is 102 cm³/mol. The van der Waals surface area contributed by atoms with Gasteiger partial charge in [-0.25, -0.2) is 9.50 Å². The van der Waals surface area contributed by atoms with E-state index in [-0.39, 0.29) is 17.0 Å². The summed E-state index contributed by atoms with van der Waals surface area (Å²) in [5, 5.41) is 25.9. The number of pyridine rings is 1. The Kier molecular flexibility index (Phi) is 5.99. The number of ether oxygens (including phenoxy) is 1. The summed E-state index contributed by atoms with van der Waals surface area (Å²) in [6, 6.07) is 9.18. The summed E-state index contributed by atoms with van der Waals surface area (Å²) in [6.45, 7) is -0.559. The number of benzene rings is 1. The van der Waals surface area contributed by atoms with E-state index in [2.05, 4.69) is 15.4 Å². The zero-order valence-corrected chi connectivity index (χ0v) is 15.8. The molecular weight excluding hydrogens is 384 g/mol. The largest absolute Gasteiger partial charge is 0.507 e. The molecule has 2 aromatic heterocycles. The van der Waals surface area contributed by atoms with E-state index in [4.69, 9.17) is 9.84 Å². The number of carboxylic acid groups (broad SMARTS) is 1. The predicted octanol–water partition coefficient (Wildman–Crippen LogP) is 1.59. The molecule has 0 saturated heterocycles. The van der Waals surface area contributed by atoms with Gasteiger partial charge in [0, 0.05) is 11.8 Å². The molecule has 0 unspecified atom stereocenters. The van der Waals surface area contributed by atoms with E-state index < -0.39 is 18.4 Å². The summed E-state index contributed by atoms with van der Waals surface area (Å²) in [5.74, 6) is -0.688. The third-order valence-electron chi connectivity index (χ3n) is 3.92. The second-order valence-corrected chi connectivity index (χ2v) is 6.88. The van der Waals surface area contributed by atoms with Crippen molar-refractivity contribution in [3.63, 3.8) is 0 Å². The number of amides is 1. The van der Waals surface area contributed by atoms with Crippen LogP contribution in [0.2, 0.25) is 0 Å². The van der Waals surface area contributed by atoms with Crippen LogP contribution in [0.5, 0.6) is 11.5 Å². The van der Waals surface area contributed by atoms with Crippen molar-refractivity contribution in [3.8, 4) is 11.5 Å². The van der Waals surface area contributed by atoms with Gasteiger partial charge in [-0.2, -0.15) is 5.10 Å². The lowest BCUT2D eigenvalue weighted by Crippen LogP contribution is -2.29. The molecule has 0 aliphatic heterocycles. The highest BCUT2D eigenvalue weighted by atomic mass is 32.2. The van der Waals surface area contributed by atoms with Crippen molar-refractivity contribution in [2.75, 3.05) is 19.4 Å². The van der Waals surface area contributed by atoms with Crippen molar-refractivity contribution >= 4 is 29.3 Å². The highest BCUT2D eigenvalue weighted by molar-refractivity contribution is 7.99. The Hall–Kier alpha value is -3.27. The topological polar surface area (TPSA) is 126 Å². The van der Waals surface area contributed by atoms with Crippen molar-refractivity contribution in [2.24, 2.45) is 0 Å². The Morgan fingerprint density at radius 2 is 2.04 bits per heavy atom. The SMILES string of the molecule is COc1ccc(CCSc2cc(O)c(C(=O)NCC(=O)O)c3ncnn23)cc1. The Morgan fingerprint density at radius 1 is 1.29 bits per heavy atom. The number of aromatic hydroxyl groups is 1. The fraction of sp³-hybridized carbons (Fsp3) is 0.222. The molecule has 1 amide bonds. The van der Waals surface area contributed by atoms with E-state index in [0.29, 0.717) is 10.8 Å². The van der Waals surface area contributed by atoms with Crippen LogP contribution in [0.15, 0.2) is 41.7 Å². The highest BCUT2D eigenvalue weighted by Crippen LogP contribution is 2.29. The molecule has 10 heteroatoms. The number of hydrogen-bond donors (Lipinski definition) is 3. The van der Waals surface area contributed by atoms with Gasteiger partial charge in [0.15, 0.2) is 5.65 Å². The number of rotatable bonds is 8. The van der Waals surface area contributed by atoms with Crippen LogP contribution in [0, 0.1) is 0 Å². The van der Waals surface area contributed by atoms with Crippen LogP contribution in [0.4, 0.5) is 0 Å². The molecule has 3 aromatic rings. The maximum absolute atomic E-state index is 12.2. The first-order valence-electron chi connectivity index (χ1n) is 8.31. The number of carboxylic acids is 1. The fourth-order valence-corrected chi connectivity index (χ4v) is 3.57. The Labute approximate surface area is 164 Å². The van der Waals surface area contributed by atoms with Crippen LogP contribution < -0.4 is 10.1 Å². The van der Waals surface area contributed by atoms with Gasteiger partial charge in [-0.05, 0) is 24.1 Å². The van der Waals surface area contributed by atoms with E-state index in [1.165, 1.54) is 28.7 Å². The first-order valence-corrected chi connectivity index (χ1v) is 9.29. The van der Waals surface area contributed by atoms with Crippen LogP contribution in [-0.2, 0) is 11.2 Å². The molecule has 2 heterocycles. The first kappa shape index (κ1) is 19.5. The molecule has 0 radical (unpaired) electrons. The number of hydrogen-bond acceptors (Lipinski definition) is 7. The smallest absolute Gasteiger partial charge is 0.322 e. The number of carbonyl (C=O) groups excluding carboxylic acids is 1. The third-order valence-corrected chi connectivity index (χ3v) is 4.92. The molecule has 146 valence electrons. The van der Waals surface area contributed by atoms with Crippen molar-refractivity contribution in [1.29, 1.82) is 0 Å². The number of thioether (sulfide) groups is 1. The summed E-state index contributed by atoms with van der Waals surface area (Å²) in [5.41, 5.74) is 1.19. The number of methoxy groups -OCH3 is 1. The number of nitrogens with one attached hydrogen (secondary N) is 1. The van der Waals surface area contributed by atoms with E-state index in [0.717, 1.165) is 17.7 Å². The second-order valence-electron chi connectivity index (χ2n) is 5.76. The third kappa shape index (κ3) is 4.34. The lowest BCUT2D eigenvalue weighted by Gasteiger charge is -2.10. The molecule has 0 fully saturated rings. The molecule has 28 heavy (non-hydrogen) atoms. The molecule has 0 aliphatic carbocycles. The van der Waals surface area contributed by atoms with E-state index in [1.54, 1.807) is 7.11 Å². The summed E-state index contributed by atoms with van der Waals surface area (Å²) in [7, 11) is 1.62. The molecule has 0 aliphatic rings. The van der Waals surface area contributed by atoms with Crippen molar-refractivity contribution in [1.82, 2.24) is 19.9 Å². The number of aryl methyl sites for hydroxylation is 1. The number of aromatic nitrogens is 3. The highest BCUT2D eigenvalue weighted by Gasteiger charge is 2.21. The number of fused-ring (bicyclic) bond motifs is 1. The zero-order chi connectivity index (χ0) is 20.1. The Bertz CT molecular complexity index is 1000. The first-order chi connectivity index (χ1) is 13.5. The van der Waals surface area contributed by atoms with Gasteiger partial charge in [0.25, 0.3) is 5.91 Å². The van der Waals surface area contributed by atoms with E-state index in [1.807, 2.05) is 24.3 Å². The Morgan fingerprint density at radius 3 is 2.71 bits per heavy atom. The average Bonchev–Trinajstić information content (AvgIpc) is 3.16. The van der Waals surface area contributed by atoms with Gasteiger partial charge in [-0.3, -0.25) is 9.59 Å². The number of aliphatic carboxylic acids is 1. The van der Waals surface area contributed by atoms with Gasteiger partial charge < -0.3 is 20.3 Å². The van der Waals surface area contributed by atoms with Crippen molar-refractivity contribution < 1.29 is 24.5 Å². The van der Waals surface area contributed by atoms with Gasteiger partial charge in [0.2, 0.25) is 0 Å². The molecule has 0 spiro atoms. The molecule has 0 saturated carbocycles. The summed E-state index contributed by atoms with van der Waals surface area (Å²) < 4.78 is 6.59. The second kappa shape index (κ2) is 8.61. The zero-order valence-electron chi connectivity index (χ0n) is 15.0. The molecule has 1 aromatic carbocycles. The lowest BCUT2D eigenvalue weighted by atomic mass is 10.2. The van der Waals surface area contributed by atoms with Crippen LogP contribution in [-0.4, -0.2) is 56.1 Å². The van der Waals surface area contributed by atoms with Gasteiger partial charge in [-0.15, -0.1) is 11.8 Å². The van der Waals surface area contributed by atoms with Crippen LogP contribution in [0.25, 0.3) is 5.65 Å². The molecule has 0 bridgehead atoms. The van der Waals surface area contributed by atoms with Gasteiger partial charge in [0.05, 0.1) is 7.11 Å². The van der Waals surface area contributed by atoms with Crippen LogP contribution in [0.3, 0.4) is 0 Å². The quantitative estimate of drug-likeness (QED) is 0.485. The monoisotopic (exact) mass is 402 g/mol. The molecule has 0 atom stereocenters. The average molecular weight is 402 g/mol. The standard InChI is InChI=1S/C18H18N4O5S/c1-27-12-4-2-11(3-5-12)6-7-28-14-8-13(23)16(17-20-10-21-22(14)17)18(26)19-9-15(24)25/h2-5,8,10,23H,6-7,9H2,1H3,(H,19,26)(H,24,25). The molecule has 3 N–H and O–H groups in total. The maximum Gasteiger partial charge on any atom is 0.322 e. The maximum atomic E-state index is 12.2. The van der Waals surface area contributed by atoms with Gasteiger partial charge >= 0.3 is 5.97 Å². The number of nitrogens with zero attached hydrogens (tertiary/aromatic N) is 3. The molecule has 9 nitrogen and oxygen atoms in total. The minimum absolute atomic E-state index is 0.113. The summed E-state index contributed by atoms with van der Waals surface area (Å²) in [4.78, 5) is 26.9. The molecule has 3 rings (SSSR count). The van der Waals surface area contributed by atoms with E-state index in [9.17, 15) is 14.7 Å². The minimum atomic E-state index is -1.18. The normalized spacial score (nSPS) is 10.8. The van der Waals surface area contributed by atoms with Crippen LogP contribution in [0.1, 0.15) is 15.9 Å². The van der Waals surface area contributed by atoms with E-state index >= 15 is 0 Å². The fourth-order valence-electron chi connectivity index (χ4n) is 2.57. The molecular formula is C18H18N4O5S. The number of carbonyl (C=O) groups is 2. The van der Waals surface area contributed by atoms with Crippen molar-refractivity contribution in [3.05, 3.63) is 47.8 Å². The van der Waals surface area contributed by atoms with Crippen molar-refractivity contribution in [2.45, 2.75) is 11.4 Å². The van der Waals surface area contributed by atoms with Crippen LogP contribution >= 0.6 is 11.8 Å². The summed E-state index contributed by atoms with van der Waals surface area (Å²) in [6.07, 6.45) is 2.06. The van der Waals surface area contributed by atoms with Gasteiger partial charge in [0.1, 0.15) is 35.0 Å². The minimum Gasteiger partial charge on any atom is -0.507 e. The Balaban J connectivity index is 1.75. The van der Waals surface area contributed by atoms with Gasteiger partial charge in [-0.1, -0.05) is 12.1 Å².